The van der Waals surface area contributed by atoms with Gasteiger partial charge in [0, 0.05) is 41.1 Å². The van der Waals surface area contributed by atoms with Crippen molar-refractivity contribution in [1.29, 1.82) is 0 Å². The number of anilines is 1. The lowest BCUT2D eigenvalue weighted by molar-refractivity contribution is 0.735. The van der Waals surface area contributed by atoms with Gasteiger partial charge in [-0.2, -0.15) is 0 Å². The van der Waals surface area contributed by atoms with E-state index in [1.165, 1.54) is 23.4 Å². The molecule has 1 aliphatic rings. The minimum atomic E-state index is 0.501. The number of pyridine rings is 2. The lowest BCUT2D eigenvalue weighted by atomic mass is 10.1. The Labute approximate surface area is 121 Å². The fraction of sp³-hybridized carbons (Fsp3) is 0.250. The van der Waals surface area contributed by atoms with Gasteiger partial charge in [-0.1, -0.05) is 6.07 Å². The van der Waals surface area contributed by atoms with Crippen LogP contribution < -0.4 is 4.90 Å². The van der Waals surface area contributed by atoms with E-state index in [-0.39, 0.29) is 0 Å². The van der Waals surface area contributed by atoms with Crippen LogP contribution in [0.25, 0.3) is 10.9 Å². The summed E-state index contributed by atoms with van der Waals surface area (Å²) in [5.74, 6) is 0. The molecule has 0 aliphatic carbocycles. The third kappa shape index (κ3) is 1.88. The maximum Gasteiger partial charge on any atom is 0.0753 e. The van der Waals surface area contributed by atoms with Crippen LogP contribution in [0.2, 0.25) is 0 Å². The zero-order chi connectivity index (χ0) is 13.4. The van der Waals surface area contributed by atoms with Gasteiger partial charge in [0.1, 0.15) is 0 Å². The van der Waals surface area contributed by atoms with E-state index in [1.807, 2.05) is 29.8 Å². The molecule has 0 aromatic carbocycles. The fourth-order valence-electron chi connectivity index (χ4n) is 3.06. The Bertz CT molecular complexity index is 718. The molecule has 1 unspecified atom stereocenters. The lowest BCUT2D eigenvalue weighted by Crippen LogP contribution is -2.22. The molecule has 3 nitrogen and oxygen atoms in total. The summed E-state index contributed by atoms with van der Waals surface area (Å²) < 4.78 is 0. The van der Waals surface area contributed by atoms with Crippen molar-refractivity contribution in [2.24, 2.45) is 0 Å². The molecule has 0 bridgehead atoms. The van der Waals surface area contributed by atoms with Gasteiger partial charge in [-0.25, -0.2) is 0 Å². The second kappa shape index (κ2) is 4.87. The predicted octanol–water partition coefficient (Wildman–Crippen LogP) is 4.03. The molecule has 3 aromatic heterocycles. The van der Waals surface area contributed by atoms with Crippen molar-refractivity contribution in [3.05, 3.63) is 53.1 Å². The molecule has 0 saturated carbocycles. The monoisotopic (exact) mass is 281 g/mol. The summed E-state index contributed by atoms with van der Waals surface area (Å²) in [5.41, 5.74) is 2.29. The fourth-order valence-corrected chi connectivity index (χ4v) is 3.93. The Morgan fingerprint density at radius 3 is 3.10 bits per heavy atom. The highest BCUT2D eigenvalue weighted by molar-refractivity contribution is 7.10. The molecule has 4 heteroatoms. The molecule has 4 rings (SSSR count). The quantitative estimate of drug-likeness (QED) is 0.710. The second-order valence-electron chi connectivity index (χ2n) is 5.09. The predicted molar refractivity (Wildman–Crippen MR) is 83.2 cm³/mol. The largest absolute Gasteiger partial charge is 0.363 e. The third-order valence-corrected chi connectivity index (χ3v) is 4.93. The maximum atomic E-state index is 4.44. The van der Waals surface area contributed by atoms with E-state index < -0.39 is 0 Å². The maximum absolute atomic E-state index is 4.44. The van der Waals surface area contributed by atoms with Gasteiger partial charge in [0.15, 0.2) is 0 Å². The van der Waals surface area contributed by atoms with Gasteiger partial charge >= 0.3 is 0 Å². The Morgan fingerprint density at radius 1 is 1.20 bits per heavy atom. The first-order valence-corrected chi connectivity index (χ1v) is 7.80. The SMILES string of the molecule is c1csc(C2CCCN2c2ccnc3ccncc23)c1. The van der Waals surface area contributed by atoms with Crippen LogP contribution in [-0.4, -0.2) is 16.5 Å². The van der Waals surface area contributed by atoms with E-state index in [1.54, 1.807) is 6.20 Å². The van der Waals surface area contributed by atoms with Crippen LogP contribution in [0.3, 0.4) is 0 Å². The van der Waals surface area contributed by atoms with Crippen LogP contribution in [0, 0.1) is 0 Å². The molecule has 0 amide bonds. The summed E-state index contributed by atoms with van der Waals surface area (Å²) in [4.78, 5) is 12.7. The van der Waals surface area contributed by atoms with Crippen LogP contribution in [-0.2, 0) is 0 Å². The smallest absolute Gasteiger partial charge is 0.0753 e. The molecule has 1 saturated heterocycles. The molecule has 4 heterocycles. The Balaban J connectivity index is 1.82. The van der Waals surface area contributed by atoms with Crippen molar-refractivity contribution in [2.45, 2.75) is 18.9 Å². The topological polar surface area (TPSA) is 29.0 Å². The van der Waals surface area contributed by atoms with Crippen LogP contribution in [0.5, 0.6) is 0 Å². The molecule has 1 fully saturated rings. The zero-order valence-corrected chi connectivity index (χ0v) is 11.9. The van der Waals surface area contributed by atoms with E-state index in [0.29, 0.717) is 6.04 Å². The Kier molecular flexibility index (Phi) is 2.89. The van der Waals surface area contributed by atoms with Crippen LogP contribution in [0.4, 0.5) is 5.69 Å². The molecule has 0 radical (unpaired) electrons. The number of hydrogen-bond donors (Lipinski definition) is 0. The number of fused-ring (bicyclic) bond motifs is 1. The van der Waals surface area contributed by atoms with Crippen LogP contribution in [0.1, 0.15) is 23.8 Å². The summed E-state index contributed by atoms with van der Waals surface area (Å²) in [6, 6.07) is 8.99. The highest BCUT2D eigenvalue weighted by atomic mass is 32.1. The second-order valence-corrected chi connectivity index (χ2v) is 6.07. The Morgan fingerprint density at radius 2 is 2.20 bits per heavy atom. The van der Waals surface area contributed by atoms with Gasteiger partial charge in [-0.3, -0.25) is 9.97 Å². The van der Waals surface area contributed by atoms with Gasteiger partial charge in [0.2, 0.25) is 0 Å². The Hall–Kier alpha value is -1.94. The molecule has 0 N–H and O–H groups in total. The van der Waals surface area contributed by atoms with E-state index in [4.69, 9.17) is 0 Å². The van der Waals surface area contributed by atoms with E-state index in [0.717, 1.165) is 17.4 Å². The molecular weight excluding hydrogens is 266 g/mol. The number of hydrogen-bond acceptors (Lipinski definition) is 4. The van der Waals surface area contributed by atoms with Crippen LogP contribution >= 0.6 is 11.3 Å². The van der Waals surface area contributed by atoms with Gasteiger partial charge in [0.25, 0.3) is 0 Å². The van der Waals surface area contributed by atoms with Crippen molar-refractivity contribution >= 4 is 27.9 Å². The van der Waals surface area contributed by atoms with Crippen molar-refractivity contribution in [2.75, 3.05) is 11.4 Å². The average Bonchev–Trinajstić information content (AvgIpc) is 3.17. The minimum Gasteiger partial charge on any atom is -0.363 e. The summed E-state index contributed by atoms with van der Waals surface area (Å²) in [7, 11) is 0. The van der Waals surface area contributed by atoms with E-state index >= 15 is 0 Å². The van der Waals surface area contributed by atoms with Crippen molar-refractivity contribution < 1.29 is 0 Å². The minimum absolute atomic E-state index is 0.501. The molecule has 100 valence electrons. The summed E-state index contributed by atoms with van der Waals surface area (Å²) in [6.07, 6.45) is 8.11. The van der Waals surface area contributed by atoms with E-state index in [2.05, 4.69) is 38.4 Å². The lowest BCUT2D eigenvalue weighted by Gasteiger charge is -2.27. The van der Waals surface area contributed by atoms with Crippen LogP contribution in [0.15, 0.2) is 48.2 Å². The molecule has 3 aromatic rings. The zero-order valence-electron chi connectivity index (χ0n) is 11.1. The number of thiophene rings is 1. The summed E-state index contributed by atoms with van der Waals surface area (Å²) in [5, 5.41) is 3.32. The summed E-state index contributed by atoms with van der Waals surface area (Å²) in [6.45, 7) is 1.11. The molecule has 20 heavy (non-hydrogen) atoms. The normalized spacial score (nSPS) is 18.8. The number of nitrogens with zero attached hydrogens (tertiary/aromatic N) is 3. The summed E-state index contributed by atoms with van der Waals surface area (Å²) >= 11 is 1.85. The van der Waals surface area contributed by atoms with Gasteiger partial charge in [-0.05, 0) is 36.4 Å². The number of rotatable bonds is 2. The van der Waals surface area contributed by atoms with Crippen molar-refractivity contribution in [1.82, 2.24) is 9.97 Å². The van der Waals surface area contributed by atoms with Gasteiger partial charge < -0.3 is 4.90 Å². The standard InChI is InChI=1S/C16H15N3S/c1-3-15(16-4-2-10-20-16)19(9-1)14-6-8-18-13-5-7-17-11-12(13)14/h2,4-8,10-11,15H,1,3,9H2. The third-order valence-electron chi connectivity index (χ3n) is 3.95. The van der Waals surface area contributed by atoms with Gasteiger partial charge in [-0.15, -0.1) is 11.3 Å². The molecular formula is C16H15N3S. The first kappa shape index (κ1) is 11.9. The molecule has 0 spiro atoms. The first-order chi connectivity index (χ1) is 9.93. The van der Waals surface area contributed by atoms with Crippen molar-refractivity contribution in [3.8, 4) is 0 Å². The molecule has 1 aliphatic heterocycles. The highest BCUT2D eigenvalue weighted by Gasteiger charge is 2.28. The highest BCUT2D eigenvalue weighted by Crippen LogP contribution is 2.40. The number of aromatic nitrogens is 2. The van der Waals surface area contributed by atoms with Gasteiger partial charge in [0.05, 0.1) is 11.6 Å². The first-order valence-electron chi connectivity index (χ1n) is 6.92. The molecule has 1 atom stereocenters. The van der Waals surface area contributed by atoms with Crippen molar-refractivity contribution in [3.63, 3.8) is 0 Å². The van der Waals surface area contributed by atoms with E-state index in [9.17, 15) is 0 Å². The average molecular weight is 281 g/mol.